The molecule has 0 saturated heterocycles. The third-order valence-electron chi connectivity index (χ3n) is 2.19. The number of hydrogen-bond donors (Lipinski definition) is 2. The van der Waals surface area contributed by atoms with Crippen molar-refractivity contribution in [3.63, 3.8) is 0 Å². The number of ether oxygens (including phenoxy) is 3. The molecule has 0 bridgehead atoms. The van der Waals surface area contributed by atoms with E-state index in [4.69, 9.17) is 14.2 Å². The van der Waals surface area contributed by atoms with Gasteiger partial charge in [0.1, 0.15) is 0 Å². The highest BCUT2D eigenvalue weighted by molar-refractivity contribution is 7.98. The topological polar surface area (TPSA) is 60.0 Å². The van der Waals surface area contributed by atoms with Crippen LogP contribution < -0.4 is 5.32 Å². The third-order valence-corrected chi connectivity index (χ3v) is 3.10. The SMILES string of the molecule is COCCOCCOCCNCC(C)(O)CSC. The van der Waals surface area contributed by atoms with E-state index in [0.29, 0.717) is 39.6 Å². The van der Waals surface area contributed by atoms with Crippen LogP contribution in [0.3, 0.4) is 0 Å². The predicted octanol–water partition coefficient (Wildman–Crippen LogP) is 0.370. The minimum Gasteiger partial charge on any atom is -0.388 e. The molecule has 1 unspecified atom stereocenters. The summed E-state index contributed by atoms with van der Waals surface area (Å²) < 4.78 is 15.5. The Morgan fingerprint density at radius 2 is 1.72 bits per heavy atom. The highest BCUT2D eigenvalue weighted by atomic mass is 32.2. The largest absolute Gasteiger partial charge is 0.388 e. The molecule has 0 heterocycles. The van der Waals surface area contributed by atoms with Crippen LogP contribution in [0.2, 0.25) is 0 Å². The minimum absolute atomic E-state index is 0.585. The molecule has 2 N–H and O–H groups in total. The first-order chi connectivity index (χ1) is 8.62. The number of methoxy groups -OCH3 is 1. The van der Waals surface area contributed by atoms with Gasteiger partial charge in [0.15, 0.2) is 0 Å². The van der Waals surface area contributed by atoms with E-state index in [0.717, 1.165) is 12.3 Å². The van der Waals surface area contributed by atoms with Crippen molar-refractivity contribution < 1.29 is 19.3 Å². The molecule has 0 rings (SSSR count). The van der Waals surface area contributed by atoms with Crippen LogP contribution >= 0.6 is 11.8 Å². The van der Waals surface area contributed by atoms with E-state index in [-0.39, 0.29) is 0 Å². The van der Waals surface area contributed by atoms with Crippen molar-refractivity contribution in [3.05, 3.63) is 0 Å². The van der Waals surface area contributed by atoms with Crippen LogP contribution in [-0.4, -0.2) is 75.9 Å². The van der Waals surface area contributed by atoms with Crippen molar-refractivity contribution in [1.82, 2.24) is 5.32 Å². The van der Waals surface area contributed by atoms with Crippen LogP contribution in [0.25, 0.3) is 0 Å². The van der Waals surface area contributed by atoms with Crippen molar-refractivity contribution in [2.45, 2.75) is 12.5 Å². The van der Waals surface area contributed by atoms with Gasteiger partial charge in [-0.25, -0.2) is 0 Å². The van der Waals surface area contributed by atoms with E-state index in [1.165, 1.54) is 0 Å². The fourth-order valence-corrected chi connectivity index (χ4v) is 2.05. The predicted molar refractivity (Wildman–Crippen MR) is 75.4 cm³/mol. The maximum atomic E-state index is 9.88. The maximum Gasteiger partial charge on any atom is 0.0833 e. The molecule has 0 radical (unpaired) electrons. The lowest BCUT2D eigenvalue weighted by atomic mass is 10.1. The van der Waals surface area contributed by atoms with Gasteiger partial charge in [-0.2, -0.15) is 11.8 Å². The monoisotopic (exact) mass is 281 g/mol. The average molecular weight is 281 g/mol. The molecule has 0 aromatic heterocycles. The standard InChI is InChI=1S/C12H27NO4S/c1-12(14,11-18-3)10-13-4-5-16-8-9-17-7-6-15-2/h13-14H,4-11H2,1-3H3. The van der Waals surface area contributed by atoms with Crippen LogP contribution in [0.5, 0.6) is 0 Å². The second kappa shape index (κ2) is 12.2. The van der Waals surface area contributed by atoms with Crippen molar-refractivity contribution >= 4 is 11.8 Å². The Morgan fingerprint density at radius 1 is 1.11 bits per heavy atom. The molecule has 18 heavy (non-hydrogen) atoms. The molecule has 0 amide bonds. The molecule has 6 heteroatoms. The third kappa shape index (κ3) is 12.6. The molecule has 0 aromatic carbocycles. The average Bonchev–Trinajstić information content (AvgIpc) is 2.31. The highest BCUT2D eigenvalue weighted by Crippen LogP contribution is 2.08. The molecule has 0 aliphatic rings. The van der Waals surface area contributed by atoms with E-state index in [9.17, 15) is 5.11 Å². The van der Waals surface area contributed by atoms with E-state index in [2.05, 4.69) is 5.32 Å². The lowest BCUT2D eigenvalue weighted by Gasteiger charge is -2.22. The van der Waals surface area contributed by atoms with Gasteiger partial charge in [0.2, 0.25) is 0 Å². The minimum atomic E-state index is -0.650. The Kier molecular flexibility index (Phi) is 12.3. The molecule has 0 aliphatic carbocycles. The molecule has 5 nitrogen and oxygen atoms in total. The summed E-state index contributed by atoms with van der Waals surface area (Å²) in [5.41, 5.74) is -0.650. The summed E-state index contributed by atoms with van der Waals surface area (Å²) in [7, 11) is 1.65. The number of hydrogen-bond acceptors (Lipinski definition) is 6. The van der Waals surface area contributed by atoms with Gasteiger partial charge in [-0.15, -0.1) is 0 Å². The highest BCUT2D eigenvalue weighted by Gasteiger charge is 2.18. The van der Waals surface area contributed by atoms with Gasteiger partial charge in [0.05, 0.1) is 38.6 Å². The molecule has 0 fully saturated rings. The number of thioether (sulfide) groups is 1. The molecule has 110 valence electrons. The van der Waals surface area contributed by atoms with Crippen LogP contribution in [0.4, 0.5) is 0 Å². The Morgan fingerprint density at radius 3 is 2.33 bits per heavy atom. The van der Waals surface area contributed by atoms with Gasteiger partial charge >= 0.3 is 0 Å². The zero-order chi connectivity index (χ0) is 13.7. The second-order valence-corrected chi connectivity index (χ2v) is 5.19. The summed E-state index contributed by atoms with van der Waals surface area (Å²) >= 11 is 1.64. The van der Waals surface area contributed by atoms with Crippen LogP contribution in [0.1, 0.15) is 6.92 Å². The molecule has 0 aromatic rings. The Labute approximate surface area is 115 Å². The molecular formula is C12H27NO4S. The number of nitrogens with one attached hydrogen (secondary N) is 1. The van der Waals surface area contributed by atoms with Gasteiger partial charge in [-0.05, 0) is 13.2 Å². The Hall–Kier alpha value is 0.150. The fourth-order valence-electron chi connectivity index (χ4n) is 1.33. The molecule has 0 spiro atoms. The zero-order valence-corrected chi connectivity index (χ0v) is 12.6. The summed E-state index contributed by atoms with van der Waals surface area (Å²) in [4.78, 5) is 0. The molecule has 0 aliphatic heterocycles. The lowest BCUT2D eigenvalue weighted by Crippen LogP contribution is -2.41. The van der Waals surface area contributed by atoms with Crippen molar-refractivity contribution in [1.29, 1.82) is 0 Å². The van der Waals surface area contributed by atoms with Gasteiger partial charge in [-0.1, -0.05) is 0 Å². The molecular weight excluding hydrogens is 254 g/mol. The first-order valence-electron chi connectivity index (χ1n) is 6.19. The van der Waals surface area contributed by atoms with Gasteiger partial charge in [0.25, 0.3) is 0 Å². The first-order valence-corrected chi connectivity index (χ1v) is 7.58. The quantitative estimate of drug-likeness (QED) is 0.476. The van der Waals surface area contributed by atoms with E-state index in [1.54, 1.807) is 18.9 Å². The number of aliphatic hydroxyl groups is 1. The van der Waals surface area contributed by atoms with Crippen LogP contribution in [0, 0.1) is 0 Å². The summed E-state index contributed by atoms with van der Waals surface area (Å²) in [6.45, 7) is 6.19. The van der Waals surface area contributed by atoms with Gasteiger partial charge in [-0.3, -0.25) is 0 Å². The van der Waals surface area contributed by atoms with Gasteiger partial charge in [0, 0.05) is 26.0 Å². The number of rotatable bonds is 13. The van der Waals surface area contributed by atoms with Gasteiger partial charge < -0.3 is 24.6 Å². The van der Waals surface area contributed by atoms with E-state index < -0.39 is 5.60 Å². The fraction of sp³-hybridized carbons (Fsp3) is 1.00. The first kappa shape index (κ1) is 18.1. The zero-order valence-electron chi connectivity index (χ0n) is 11.7. The van der Waals surface area contributed by atoms with E-state index in [1.807, 2.05) is 13.2 Å². The summed E-state index contributed by atoms with van der Waals surface area (Å²) in [6.07, 6.45) is 1.99. The summed E-state index contributed by atoms with van der Waals surface area (Å²) in [5.74, 6) is 0.730. The van der Waals surface area contributed by atoms with Crippen LogP contribution in [-0.2, 0) is 14.2 Å². The summed E-state index contributed by atoms with van der Waals surface area (Å²) in [6, 6.07) is 0. The summed E-state index contributed by atoms with van der Waals surface area (Å²) in [5, 5.41) is 13.1. The Bertz CT molecular complexity index is 181. The van der Waals surface area contributed by atoms with Crippen molar-refractivity contribution in [2.24, 2.45) is 0 Å². The second-order valence-electron chi connectivity index (χ2n) is 4.32. The Balaban J connectivity index is 3.16. The smallest absolute Gasteiger partial charge is 0.0833 e. The lowest BCUT2D eigenvalue weighted by molar-refractivity contribution is 0.0241. The maximum absolute atomic E-state index is 9.88. The molecule has 1 atom stereocenters. The van der Waals surface area contributed by atoms with E-state index >= 15 is 0 Å². The normalized spacial score (nSPS) is 14.7. The molecule has 0 saturated carbocycles. The van der Waals surface area contributed by atoms with Crippen molar-refractivity contribution in [3.8, 4) is 0 Å². The van der Waals surface area contributed by atoms with Crippen molar-refractivity contribution in [2.75, 3.05) is 65.2 Å². The van der Waals surface area contributed by atoms with Crippen LogP contribution in [0.15, 0.2) is 0 Å².